The fourth-order valence-corrected chi connectivity index (χ4v) is 4.15. The molecule has 7 heteroatoms. The van der Waals surface area contributed by atoms with Crippen molar-refractivity contribution in [2.24, 2.45) is 16.5 Å². The molecule has 1 N–H and O–H groups in total. The lowest BCUT2D eigenvalue weighted by molar-refractivity contribution is -0.159. The molecule has 0 aliphatic rings. The van der Waals surface area contributed by atoms with E-state index in [2.05, 4.69) is 35.5 Å². The Labute approximate surface area is 212 Å². The quantitative estimate of drug-likeness (QED) is 0.115. The minimum Gasteiger partial charge on any atom is -0.465 e. The molecule has 36 heavy (non-hydrogen) atoms. The summed E-state index contributed by atoms with van der Waals surface area (Å²) in [7, 11) is 0. The molecule has 0 heterocycles. The molecule has 3 aromatic carbocycles. The molecule has 0 spiro atoms. The van der Waals surface area contributed by atoms with Crippen molar-refractivity contribution < 1.29 is 29.0 Å². The summed E-state index contributed by atoms with van der Waals surface area (Å²) in [5, 5.41) is 17.4. The van der Waals surface area contributed by atoms with E-state index in [9.17, 15) is 9.59 Å². The Morgan fingerprint density at radius 2 is 1.61 bits per heavy atom. The number of ether oxygens (including phenoxy) is 2. The van der Waals surface area contributed by atoms with Crippen molar-refractivity contribution in [3.8, 4) is 0 Å². The fraction of sp³-hybridized carbons (Fsp3) is 0.414. The predicted molar refractivity (Wildman–Crippen MR) is 141 cm³/mol. The molecule has 0 saturated carbocycles. The van der Waals surface area contributed by atoms with Crippen molar-refractivity contribution >= 4 is 39.7 Å². The lowest BCUT2D eigenvalue weighted by Crippen LogP contribution is -2.33. The monoisotopic (exact) mass is 493 g/mol. The zero-order valence-electron chi connectivity index (χ0n) is 21.2. The van der Waals surface area contributed by atoms with Crippen molar-refractivity contribution in [1.82, 2.24) is 0 Å². The van der Waals surface area contributed by atoms with E-state index in [-0.39, 0.29) is 32.4 Å². The number of esters is 2. The van der Waals surface area contributed by atoms with Gasteiger partial charge in [0.2, 0.25) is 0 Å². The number of aliphatic hydroxyl groups is 1. The first-order chi connectivity index (χ1) is 17.4. The van der Waals surface area contributed by atoms with E-state index in [1.54, 1.807) is 20.1 Å². The average Bonchev–Trinajstić information content (AvgIpc) is 2.88. The maximum Gasteiger partial charge on any atom is 0.311 e. The fourth-order valence-electron chi connectivity index (χ4n) is 4.15. The van der Waals surface area contributed by atoms with Gasteiger partial charge in [0.25, 0.3) is 0 Å². The summed E-state index contributed by atoms with van der Waals surface area (Å²) in [5.41, 5.74) is 0.111. The highest BCUT2D eigenvalue weighted by atomic mass is 16.6. The Balaban J connectivity index is 1.53. The predicted octanol–water partition coefficient (Wildman–Crippen LogP) is 5.25. The molecule has 0 aromatic heterocycles. The van der Waals surface area contributed by atoms with Crippen molar-refractivity contribution in [2.75, 3.05) is 26.4 Å². The zero-order valence-corrected chi connectivity index (χ0v) is 21.2. The molecule has 0 fully saturated rings. The number of hydrogen-bond donors (Lipinski definition) is 1. The number of nitrogens with zero attached hydrogens (tertiary/aromatic N) is 1. The number of rotatable bonds is 13. The first-order valence-electron chi connectivity index (χ1n) is 12.4. The Morgan fingerprint density at radius 1 is 0.972 bits per heavy atom. The minimum atomic E-state index is -0.859. The molecule has 192 valence electrons. The number of hydrogen-bond acceptors (Lipinski definition) is 7. The summed E-state index contributed by atoms with van der Waals surface area (Å²) >= 11 is 0. The van der Waals surface area contributed by atoms with E-state index in [0.29, 0.717) is 19.3 Å². The molecule has 1 unspecified atom stereocenters. The third kappa shape index (κ3) is 7.04. The van der Waals surface area contributed by atoms with Crippen LogP contribution >= 0.6 is 0 Å². The van der Waals surface area contributed by atoms with E-state index in [0.717, 1.165) is 27.1 Å². The smallest absolute Gasteiger partial charge is 0.311 e. The van der Waals surface area contributed by atoms with Crippen LogP contribution in [-0.4, -0.2) is 49.7 Å². The SMILES string of the molecule is CCC(CC(C)(C)C(=O)OCCON=Cc1c2ccccc2cc2ccccc12)C(=O)OCCCO. The van der Waals surface area contributed by atoms with Crippen LogP contribution in [0.5, 0.6) is 0 Å². The van der Waals surface area contributed by atoms with Crippen LogP contribution in [0.15, 0.2) is 59.8 Å². The van der Waals surface area contributed by atoms with Gasteiger partial charge in [0.05, 0.1) is 24.2 Å². The van der Waals surface area contributed by atoms with Crippen molar-refractivity contribution in [2.45, 2.75) is 40.0 Å². The second-order valence-corrected chi connectivity index (χ2v) is 9.37. The number of oxime groups is 1. The van der Waals surface area contributed by atoms with Crippen LogP contribution in [0, 0.1) is 11.3 Å². The van der Waals surface area contributed by atoms with Crippen LogP contribution in [0.3, 0.4) is 0 Å². The molecule has 0 radical (unpaired) electrons. The molecule has 3 aromatic rings. The number of benzene rings is 3. The highest BCUT2D eigenvalue weighted by Gasteiger charge is 2.35. The number of carbonyl (C=O) groups is 2. The third-order valence-electron chi connectivity index (χ3n) is 6.16. The molecular weight excluding hydrogens is 458 g/mol. The molecule has 3 rings (SSSR count). The van der Waals surface area contributed by atoms with Crippen LogP contribution in [0.1, 0.15) is 45.6 Å². The van der Waals surface area contributed by atoms with Crippen LogP contribution < -0.4 is 0 Å². The molecule has 1 atom stereocenters. The highest BCUT2D eigenvalue weighted by Crippen LogP contribution is 2.30. The Kier molecular flexibility index (Phi) is 9.82. The van der Waals surface area contributed by atoms with Crippen molar-refractivity contribution in [3.05, 3.63) is 60.2 Å². The van der Waals surface area contributed by atoms with Gasteiger partial charge in [-0.05, 0) is 54.3 Å². The molecular formula is C29H35NO6. The Bertz CT molecular complexity index is 1150. The molecule has 0 aliphatic heterocycles. The summed E-state index contributed by atoms with van der Waals surface area (Å²) in [6.45, 7) is 5.68. The second kappa shape index (κ2) is 13.0. The molecule has 0 amide bonds. The Morgan fingerprint density at radius 3 is 2.22 bits per heavy atom. The van der Waals surface area contributed by atoms with Gasteiger partial charge in [-0.2, -0.15) is 0 Å². The van der Waals surface area contributed by atoms with Gasteiger partial charge in [0.15, 0.2) is 6.61 Å². The first-order valence-corrected chi connectivity index (χ1v) is 12.4. The maximum atomic E-state index is 12.6. The van der Waals surface area contributed by atoms with Gasteiger partial charge in [-0.15, -0.1) is 0 Å². The third-order valence-corrected chi connectivity index (χ3v) is 6.16. The highest BCUT2D eigenvalue weighted by molar-refractivity contribution is 6.13. The van der Waals surface area contributed by atoms with Crippen LogP contribution in [0.4, 0.5) is 0 Å². The van der Waals surface area contributed by atoms with E-state index in [1.807, 2.05) is 31.2 Å². The summed E-state index contributed by atoms with van der Waals surface area (Å²) < 4.78 is 10.6. The standard InChI is InChI=1S/C29H35NO6/c1-4-21(27(32)34-15-9-14-31)19-29(2,3)28(33)35-16-17-36-30-20-26-24-12-7-5-10-22(24)18-23-11-6-8-13-25(23)26/h5-8,10-13,18,20-21,31H,4,9,14-17,19H2,1-3H3. The molecule has 0 bridgehead atoms. The van der Waals surface area contributed by atoms with Crippen LogP contribution in [-0.2, 0) is 23.9 Å². The van der Waals surface area contributed by atoms with E-state index in [1.165, 1.54) is 0 Å². The average molecular weight is 494 g/mol. The summed E-state index contributed by atoms with van der Waals surface area (Å²) in [6.07, 6.45) is 2.96. The lowest BCUT2D eigenvalue weighted by Gasteiger charge is -2.26. The molecule has 0 aliphatic carbocycles. The number of fused-ring (bicyclic) bond motifs is 2. The van der Waals surface area contributed by atoms with Gasteiger partial charge in [0, 0.05) is 18.6 Å². The topological polar surface area (TPSA) is 94.4 Å². The summed E-state index contributed by atoms with van der Waals surface area (Å²) in [6, 6.07) is 18.4. The molecule has 7 nitrogen and oxygen atoms in total. The van der Waals surface area contributed by atoms with E-state index < -0.39 is 17.3 Å². The number of aliphatic hydroxyl groups excluding tert-OH is 1. The van der Waals surface area contributed by atoms with Gasteiger partial charge >= 0.3 is 11.9 Å². The molecule has 0 saturated heterocycles. The number of carbonyl (C=O) groups excluding carboxylic acids is 2. The lowest BCUT2D eigenvalue weighted by atomic mass is 9.81. The zero-order chi connectivity index (χ0) is 26.0. The normalized spacial score (nSPS) is 12.7. The van der Waals surface area contributed by atoms with Gasteiger partial charge in [-0.3, -0.25) is 9.59 Å². The summed E-state index contributed by atoms with van der Waals surface area (Å²) in [5.74, 6) is -1.18. The van der Waals surface area contributed by atoms with Crippen molar-refractivity contribution in [3.63, 3.8) is 0 Å². The van der Waals surface area contributed by atoms with Gasteiger partial charge in [0.1, 0.15) is 6.61 Å². The Hall–Kier alpha value is -3.45. The van der Waals surface area contributed by atoms with E-state index in [4.69, 9.17) is 19.4 Å². The van der Waals surface area contributed by atoms with Gasteiger partial charge < -0.3 is 19.4 Å². The maximum absolute atomic E-state index is 12.6. The summed E-state index contributed by atoms with van der Waals surface area (Å²) in [4.78, 5) is 30.3. The van der Waals surface area contributed by atoms with Crippen molar-refractivity contribution in [1.29, 1.82) is 0 Å². The second-order valence-electron chi connectivity index (χ2n) is 9.37. The van der Waals surface area contributed by atoms with Crippen LogP contribution in [0.2, 0.25) is 0 Å². The van der Waals surface area contributed by atoms with Crippen LogP contribution in [0.25, 0.3) is 21.5 Å². The van der Waals surface area contributed by atoms with E-state index >= 15 is 0 Å². The van der Waals surface area contributed by atoms with Gasteiger partial charge in [-0.25, -0.2) is 0 Å². The minimum absolute atomic E-state index is 0.0352. The largest absolute Gasteiger partial charge is 0.465 e. The first kappa shape index (κ1) is 27.1. The van der Waals surface area contributed by atoms with Gasteiger partial charge in [-0.1, -0.05) is 60.6 Å².